The zero-order valence-electron chi connectivity index (χ0n) is 10.0. The highest BCUT2D eigenvalue weighted by Gasteiger charge is 2.31. The van der Waals surface area contributed by atoms with Gasteiger partial charge in [0.15, 0.2) is 0 Å². The summed E-state index contributed by atoms with van der Waals surface area (Å²) in [4.78, 5) is 10.4. The van der Waals surface area contributed by atoms with Crippen LogP contribution in [-0.4, -0.2) is 23.7 Å². The van der Waals surface area contributed by atoms with Crippen molar-refractivity contribution in [2.24, 2.45) is 11.3 Å². The first-order chi connectivity index (χ1) is 6.89. The molecule has 1 aliphatic rings. The van der Waals surface area contributed by atoms with Crippen LogP contribution in [0.2, 0.25) is 0 Å². The lowest BCUT2D eigenvalue weighted by Crippen LogP contribution is -2.40. The molecule has 1 saturated carbocycles. The van der Waals surface area contributed by atoms with Crippen molar-refractivity contribution in [3.05, 3.63) is 0 Å². The number of carboxylic acids is 1. The number of hydrogen-bond donors (Lipinski definition) is 2. The van der Waals surface area contributed by atoms with Gasteiger partial charge in [-0.05, 0) is 30.6 Å². The minimum atomic E-state index is -0.717. The molecule has 2 N–H and O–H groups in total. The van der Waals surface area contributed by atoms with E-state index >= 15 is 0 Å². The first-order valence-corrected chi connectivity index (χ1v) is 5.84. The van der Waals surface area contributed by atoms with Gasteiger partial charge < -0.3 is 10.4 Å². The third kappa shape index (κ3) is 4.65. The van der Waals surface area contributed by atoms with Crippen molar-refractivity contribution in [1.82, 2.24) is 5.32 Å². The second kappa shape index (κ2) is 4.97. The van der Waals surface area contributed by atoms with E-state index in [-0.39, 0.29) is 6.42 Å². The second-order valence-electron chi connectivity index (χ2n) is 5.71. The zero-order chi connectivity index (χ0) is 11.5. The summed E-state index contributed by atoms with van der Waals surface area (Å²) < 4.78 is 0. The molecule has 2 unspecified atom stereocenters. The molecule has 2 atom stereocenters. The summed E-state index contributed by atoms with van der Waals surface area (Å²) in [6, 6.07) is 0.503. The molecule has 0 spiro atoms. The van der Waals surface area contributed by atoms with E-state index in [1.807, 2.05) is 0 Å². The maximum atomic E-state index is 10.4. The van der Waals surface area contributed by atoms with Crippen LogP contribution in [0.3, 0.4) is 0 Å². The minimum Gasteiger partial charge on any atom is -0.481 e. The molecule has 0 aromatic carbocycles. The van der Waals surface area contributed by atoms with Gasteiger partial charge in [-0.15, -0.1) is 0 Å². The van der Waals surface area contributed by atoms with Gasteiger partial charge in [-0.2, -0.15) is 0 Å². The van der Waals surface area contributed by atoms with Crippen molar-refractivity contribution in [3.8, 4) is 0 Å². The summed E-state index contributed by atoms with van der Waals surface area (Å²) in [6.07, 6.45) is 3.86. The Hall–Kier alpha value is -0.570. The topological polar surface area (TPSA) is 49.3 Å². The van der Waals surface area contributed by atoms with Gasteiger partial charge in [-0.1, -0.05) is 20.8 Å². The Morgan fingerprint density at radius 2 is 2.13 bits per heavy atom. The standard InChI is InChI=1S/C12H23NO2/c1-9-6-10(8-12(2,3)7-9)13-5-4-11(14)15/h9-10,13H,4-8H2,1-3H3,(H,14,15). The molecule has 1 aliphatic carbocycles. The number of nitrogens with one attached hydrogen (secondary N) is 1. The van der Waals surface area contributed by atoms with Crippen molar-refractivity contribution in [2.45, 2.75) is 52.5 Å². The van der Waals surface area contributed by atoms with E-state index < -0.39 is 5.97 Å². The molecule has 0 bridgehead atoms. The SMILES string of the molecule is CC1CC(NCCC(=O)O)CC(C)(C)C1. The average Bonchev–Trinajstić information content (AvgIpc) is 1.98. The van der Waals surface area contributed by atoms with Gasteiger partial charge in [0.2, 0.25) is 0 Å². The van der Waals surface area contributed by atoms with Crippen molar-refractivity contribution in [1.29, 1.82) is 0 Å². The maximum Gasteiger partial charge on any atom is 0.304 e. The highest BCUT2D eigenvalue weighted by molar-refractivity contribution is 5.66. The van der Waals surface area contributed by atoms with Crippen LogP contribution >= 0.6 is 0 Å². The van der Waals surface area contributed by atoms with Gasteiger partial charge in [0.25, 0.3) is 0 Å². The Morgan fingerprint density at radius 3 is 2.67 bits per heavy atom. The Morgan fingerprint density at radius 1 is 1.47 bits per heavy atom. The Balaban J connectivity index is 2.32. The van der Waals surface area contributed by atoms with Gasteiger partial charge >= 0.3 is 5.97 Å². The summed E-state index contributed by atoms with van der Waals surface area (Å²) in [7, 11) is 0. The number of aliphatic carboxylic acids is 1. The maximum absolute atomic E-state index is 10.4. The highest BCUT2D eigenvalue weighted by atomic mass is 16.4. The number of hydrogen-bond acceptors (Lipinski definition) is 2. The lowest BCUT2D eigenvalue weighted by Gasteiger charge is -2.39. The molecular formula is C12H23NO2. The summed E-state index contributed by atoms with van der Waals surface area (Å²) >= 11 is 0. The molecule has 0 heterocycles. The molecule has 88 valence electrons. The summed E-state index contributed by atoms with van der Waals surface area (Å²) in [5.41, 5.74) is 0.401. The van der Waals surface area contributed by atoms with Gasteiger partial charge in [0, 0.05) is 12.6 Å². The van der Waals surface area contributed by atoms with Crippen LogP contribution < -0.4 is 5.32 Å². The molecule has 15 heavy (non-hydrogen) atoms. The molecular weight excluding hydrogens is 190 g/mol. The van der Waals surface area contributed by atoms with E-state index in [2.05, 4.69) is 26.1 Å². The van der Waals surface area contributed by atoms with Crippen LogP contribution in [0.5, 0.6) is 0 Å². The van der Waals surface area contributed by atoms with Crippen LogP contribution in [0.4, 0.5) is 0 Å². The molecule has 1 fully saturated rings. The zero-order valence-corrected chi connectivity index (χ0v) is 10.0. The summed E-state index contributed by atoms with van der Waals surface area (Å²) in [5, 5.41) is 11.9. The molecule has 0 aromatic heterocycles. The molecule has 3 heteroatoms. The third-order valence-corrected chi connectivity index (χ3v) is 3.16. The lowest BCUT2D eigenvalue weighted by atomic mass is 9.70. The molecule has 1 rings (SSSR count). The lowest BCUT2D eigenvalue weighted by molar-refractivity contribution is -0.136. The third-order valence-electron chi connectivity index (χ3n) is 3.16. The monoisotopic (exact) mass is 213 g/mol. The molecule has 0 saturated heterocycles. The average molecular weight is 213 g/mol. The second-order valence-corrected chi connectivity index (χ2v) is 5.71. The molecule has 3 nitrogen and oxygen atoms in total. The fourth-order valence-electron chi connectivity index (χ4n) is 2.88. The first-order valence-electron chi connectivity index (χ1n) is 5.84. The van der Waals surface area contributed by atoms with Gasteiger partial charge in [-0.3, -0.25) is 4.79 Å². The molecule has 0 aliphatic heterocycles. The van der Waals surface area contributed by atoms with E-state index in [4.69, 9.17) is 5.11 Å². The van der Waals surface area contributed by atoms with E-state index in [0.29, 0.717) is 18.0 Å². The van der Waals surface area contributed by atoms with E-state index in [0.717, 1.165) is 12.3 Å². The smallest absolute Gasteiger partial charge is 0.304 e. The van der Waals surface area contributed by atoms with Crippen molar-refractivity contribution in [3.63, 3.8) is 0 Å². The summed E-state index contributed by atoms with van der Waals surface area (Å²) in [6.45, 7) is 7.48. The number of rotatable bonds is 4. The van der Waals surface area contributed by atoms with Crippen LogP contribution in [-0.2, 0) is 4.79 Å². The first kappa shape index (κ1) is 12.5. The van der Waals surface area contributed by atoms with Crippen LogP contribution in [0, 0.1) is 11.3 Å². The Labute approximate surface area is 92.3 Å². The molecule has 0 aromatic rings. The highest BCUT2D eigenvalue weighted by Crippen LogP contribution is 2.38. The molecule has 0 radical (unpaired) electrons. The summed E-state index contributed by atoms with van der Waals surface area (Å²) in [5.74, 6) is 0.0293. The minimum absolute atomic E-state index is 0.227. The number of carboxylic acid groups (broad SMARTS) is 1. The predicted octanol–water partition coefficient (Wildman–Crippen LogP) is 2.27. The Kier molecular flexibility index (Phi) is 4.14. The van der Waals surface area contributed by atoms with Crippen LogP contribution in [0.25, 0.3) is 0 Å². The Bertz CT molecular complexity index is 226. The van der Waals surface area contributed by atoms with Crippen LogP contribution in [0.15, 0.2) is 0 Å². The van der Waals surface area contributed by atoms with Crippen molar-refractivity contribution in [2.75, 3.05) is 6.54 Å². The van der Waals surface area contributed by atoms with Crippen LogP contribution in [0.1, 0.15) is 46.5 Å². The quantitative estimate of drug-likeness (QED) is 0.753. The molecule has 0 amide bonds. The van der Waals surface area contributed by atoms with Gasteiger partial charge in [0.1, 0.15) is 0 Å². The normalized spacial score (nSPS) is 30.1. The largest absolute Gasteiger partial charge is 0.481 e. The van der Waals surface area contributed by atoms with E-state index in [1.165, 1.54) is 12.8 Å². The van der Waals surface area contributed by atoms with E-state index in [1.54, 1.807) is 0 Å². The van der Waals surface area contributed by atoms with Crippen molar-refractivity contribution >= 4 is 5.97 Å². The van der Waals surface area contributed by atoms with E-state index in [9.17, 15) is 4.79 Å². The number of carbonyl (C=O) groups is 1. The fraction of sp³-hybridized carbons (Fsp3) is 0.917. The van der Waals surface area contributed by atoms with Crippen molar-refractivity contribution < 1.29 is 9.90 Å². The van der Waals surface area contributed by atoms with Gasteiger partial charge in [-0.25, -0.2) is 0 Å². The predicted molar refractivity (Wildman–Crippen MR) is 60.8 cm³/mol. The fourth-order valence-corrected chi connectivity index (χ4v) is 2.88. The van der Waals surface area contributed by atoms with Gasteiger partial charge in [0.05, 0.1) is 6.42 Å².